The minimum absolute atomic E-state index is 0.171. The fourth-order valence-corrected chi connectivity index (χ4v) is 2.63. The third-order valence-corrected chi connectivity index (χ3v) is 3.83. The highest BCUT2D eigenvalue weighted by atomic mass is 16.7. The number of anilines is 2. The van der Waals surface area contributed by atoms with E-state index in [0.29, 0.717) is 17.2 Å². The number of fused-ring (bicyclic) bond motifs is 1. The number of ether oxygens (including phenoxy) is 2. The average Bonchev–Trinajstić information content (AvgIpc) is 3.02. The molecule has 3 rings (SSSR count). The molecular formula is C19H20N2O4. The lowest BCUT2D eigenvalue weighted by molar-refractivity contribution is -0.123. The van der Waals surface area contributed by atoms with Crippen LogP contribution in [0.5, 0.6) is 11.5 Å². The number of amides is 2. The van der Waals surface area contributed by atoms with Crippen LogP contribution in [0.25, 0.3) is 0 Å². The van der Waals surface area contributed by atoms with Gasteiger partial charge in [0, 0.05) is 17.4 Å². The maximum atomic E-state index is 12.2. The van der Waals surface area contributed by atoms with Gasteiger partial charge in [0.15, 0.2) is 11.5 Å². The van der Waals surface area contributed by atoms with Crippen molar-refractivity contribution in [3.8, 4) is 11.5 Å². The smallest absolute Gasteiger partial charge is 0.233 e. The van der Waals surface area contributed by atoms with Gasteiger partial charge in [0.05, 0.1) is 0 Å². The summed E-state index contributed by atoms with van der Waals surface area (Å²) in [5.74, 6) is 0.748. The number of hydrogen-bond donors (Lipinski definition) is 2. The lowest BCUT2D eigenvalue weighted by Gasteiger charge is -2.13. The molecule has 0 fully saturated rings. The van der Waals surface area contributed by atoms with E-state index in [1.54, 1.807) is 18.2 Å². The molecule has 0 bridgehead atoms. The molecule has 6 nitrogen and oxygen atoms in total. The van der Waals surface area contributed by atoms with Crippen LogP contribution in [0.1, 0.15) is 31.7 Å². The van der Waals surface area contributed by atoms with E-state index >= 15 is 0 Å². The summed E-state index contributed by atoms with van der Waals surface area (Å²) in [6.45, 7) is 4.28. The normalized spacial score (nSPS) is 12.1. The van der Waals surface area contributed by atoms with E-state index in [0.717, 1.165) is 11.3 Å². The van der Waals surface area contributed by atoms with Crippen molar-refractivity contribution in [1.82, 2.24) is 0 Å². The number of hydrogen-bond acceptors (Lipinski definition) is 4. The zero-order valence-electron chi connectivity index (χ0n) is 14.2. The monoisotopic (exact) mass is 340 g/mol. The first-order valence-electron chi connectivity index (χ1n) is 8.11. The number of carbonyl (C=O) groups excluding carboxylic acids is 2. The Morgan fingerprint density at radius 3 is 2.52 bits per heavy atom. The first-order valence-corrected chi connectivity index (χ1v) is 8.11. The van der Waals surface area contributed by atoms with Crippen LogP contribution in [-0.2, 0) is 9.59 Å². The summed E-state index contributed by atoms with van der Waals surface area (Å²) in [6, 6.07) is 12.7. The highest BCUT2D eigenvalue weighted by Gasteiger charge is 2.16. The Hall–Kier alpha value is -3.02. The zero-order valence-corrected chi connectivity index (χ0v) is 14.2. The van der Waals surface area contributed by atoms with Crippen molar-refractivity contribution >= 4 is 23.2 Å². The second-order valence-corrected chi connectivity index (χ2v) is 6.08. The number of para-hydroxylation sites is 1. The van der Waals surface area contributed by atoms with Crippen molar-refractivity contribution in [2.24, 2.45) is 0 Å². The molecule has 0 saturated heterocycles. The van der Waals surface area contributed by atoms with Crippen molar-refractivity contribution < 1.29 is 19.1 Å². The van der Waals surface area contributed by atoms with E-state index in [1.807, 2.05) is 24.3 Å². The van der Waals surface area contributed by atoms with Crippen LogP contribution in [0, 0.1) is 0 Å². The van der Waals surface area contributed by atoms with Gasteiger partial charge in [0.25, 0.3) is 0 Å². The fourth-order valence-electron chi connectivity index (χ4n) is 2.63. The van der Waals surface area contributed by atoms with E-state index in [2.05, 4.69) is 24.5 Å². The fraction of sp³-hybridized carbons (Fsp3) is 0.263. The number of carbonyl (C=O) groups is 2. The molecule has 0 atom stereocenters. The van der Waals surface area contributed by atoms with Crippen molar-refractivity contribution in [2.45, 2.75) is 26.2 Å². The highest BCUT2D eigenvalue weighted by Crippen LogP contribution is 2.34. The van der Waals surface area contributed by atoms with Gasteiger partial charge in [-0.1, -0.05) is 32.0 Å². The summed E-state index contributed by atoms with van der Waals surface area (Å²) >= 11 is 0. The molecule has 0 aromatic heterocycles. The quantitative estimate of drug-likeness (QED) is 0.817. The van der Waals surface area contributed by atoms with Crippen molar-refractivity contribution in [3.05, 3.63) is 48.0 Å². The third kappa shape index (κ3) is 4.09. The molecule has 2 aromatic carbocycles. The highest BCUT2D eigenvalue weighted by molar-refractivity contribution is 6.08. The molecule has 25 heavy (non-hydrogen) atoms. The maximum absolute atomic E-state index is 12.2. The molecule has 1 heterocycles. The van der Waals surface area contributed by atoms with Crippen LogP contribution in [0.2, 0.25) is 0 Å². The molecule has 2 aromatic rings. The SMILES string of the molecule is CC(C)c1ccccc1NC(=O)CC(=O)Nc1ccc2c(c1)OCO2. The number of rotatable bonds is 5. The summed E-state index contributed by atoms with van der Waals surface area (Å²) < 4.78 is 10.5. The van der Waals surface area contributed by atoms with Crippen LogP contribution in [0.15, 0.2) is 42.5 Å². The van der Waals surface area contributed by atoms with Gasteiger partial charge in [-0.2, -0.15) is 0 Å². The minimum atomic E-state index is -0.390. The third-order valence-electron chi connectivity index (χ3n) is 3.83. The Labute approximate surface area is 146 Å². The zero-order chi connectivity index (χ0) is 17.8. The molecule has 1 aliphatic rings. The first kappa shape index (κ1) is 16.8. The average molecular weight is 340 g/mol. The Kier molecular flexibility index (Phi) is 4.88. The predicted molar refractivity (Wildman–Crippen MR) is 95.0 cm³/mol. The molecule has 6 heteroatoms. The minimum Gasteiger partial charge on any atom is -0.454 e. The van der Waals surface area contributed by atoms with Gasteiger partial charge in [-0.25, -0.2) is 0 Å². The van der Waals surface area contributed by atoms with E-state index in [-0.39, 0.29) is 25.0 Å². The lowest BCUT2D eigenvalue weighted by Crippen LogP contribution is -2.22. The Bertz CT molecular complexity index is 802. The van der Waals surface area contributed by atoms with E-state index in [1.165, 1.54) is 0 Å². The van der Waals surface area contributed by atoms with Crippen LogP contribution < -0.4 is 20.1 Å². The topological polar surface area (TPSA) is 76.7 Å². The summed E-state index contributed by atoms with van der Waals surface area (Å²) in [5, 5.41) is 5.50. The number of benzene rings is 2. The van der Waals surface area contributed by atoms with Crippen molar-refractivity contribution in [2.75, 3.05) is 17.4 Å². The Balaban J connectivity index is 1.59. The van der Waals surface area contributed by atoms with Crippen LogP contribution >= 0.6 is 0 Å². The van der Waals surface area contributed by atoms with Crippen molar-refractivity contribution in [3.63, 3.8) is 0 Å². The Morgan fingerprint density at radius 2 is 1.72 bits per heavy atom. The van der Waals surface area contributed by atoms with Crippen LogP contribution in [-0.4, -0.2) is 18.6 Å². The molecule has 2 amide bonds. The number of nitrogens with one attached hydrogen (secondary N) is 2. The second kappa shape index (κ2) is 7.25. The maximum Gasteiger partial charge on any atom is 0.233 e. The largest absolute Gasteiger partial charge is 0.454 e. The molecule has 0 radical (unpaired) electrons. The summed E-state index contributed by atoms with van der Waals surface area (Å²) in [5.41, 5.74) is 2.33. The molecular weight excluding hydrogens is 320 g/mol. The van der Waals surface area contributed by atoms with Crippen LogP contribution in [0.3, 0.4) is 0 Å². The van der Waals surface area contributed by atoms with E-state index in [9.17, 15) is 9.59 Å². The predicted octanol–water partition coefficient (Wildman–Crippen LogP) is 3.51. The molecule has 2 N–H and O–H groups in total. The first-order chi connectivity index (χ1) is 12.0. The summed E-state index contributed by atoms with van der Waals surface area (Å²) in [6.07, 6.45) is -0.263. The second-order valence-electron chi connectivity index (χ2n) is 6.08. The van der Waals surface area contributed by atoms with Gasteiger partial charge in [-0.15, -0.1) is 0 Å². The Morgan fingerprint density at radius 1 is 1.00 bits per heavy atom. The van der Waals surface area contributed by atoms with E-state index < -0.39 is 5.91 Å². The van der Waals surface area contributed by atoms with Crippen molar-refractivity contribution in [1.29, 1.82) is 0 Å². The summed E-state index contributed by atoms with van der Waals surface area (Å²) in [7, 11) is 0. The summed E-state index contributed by atoms with van der Waals surface area (Å²) in [4.78, 5) is 24.2. The van der Waals surface area contributed by atoms with Gasteiger partial charge in [0.1, 0.15) is 6.42 Å². The molecule has 0 saturated carbocycles. The van der Waals surface area contributed by atoms with Gasteiger partial charge >= 0.3 is 0 Å². The van der Waals surface area contributed by atoms with E-state index in [4.69, 9.17) is 9.47 Å². The van der Waals surface area contributed by atoms with Gasteiger partial charge in [-0.3, -0.25) is 9.59 Å². The molecule has 1 aliphatic heterocycles. The lowest BCUT2D eigenvalue weighted by atomic mass is 10.0. The molecule has 0 aliphatic carbocycles. The van der Waals surface area contributed by atoms with Crippen LogP contribution in [0.4, 0.5) is 11.4 Å². The molecule has 0 unspecified atom stereocenters. The van der Waals surface area contributed by atoms with Gasteiger partial charge < -0.3 is 20.1 Å². The molecule has 0 spiro atoms. The van der Waals surface area contributed by atoms with Gasteiger partial charge in [0.2, 0.25) is 18.6 Å². The molecule has 130 valence electrons. The standard InChI is InChI=1S/C19H20N2O4/c1-12(2)14-5-3-4-6-15(14)21-19(23)10-18(22)20-13-7-8-16-17(9-13)25-11-24-16/h3-9,12H,10-11H2,1-2H3,(H,20,22)(H,21,23). The van der Waals surface area contributed by atoms with Gasteiger partial charge in [-0.05, 0) is 29.7 Å².